The number of halogens is 1. The molecule has 0 fully saturated rings. The molecule has 118 valence electrons. The first kappa shape index (κ1) is 15.7. The van der Waals surface area contributed by atoms with Gasteiger partial charge in [0, 0.05) is 22.5 Å². The van der Waals surface area contributed by atoms with Crippen LogP contribution in [0, 0.1) is 0 Å². The van der Waals surface area contributed by atoms with Gasteiger partial charge < -0.3 is 10.4 Å². The zero-order chi connectivity index (χ0) is 16.2. The Bertz CT molecular complexity index is 801. The first-order valence-corrected chi connectivity index (χ1v) is 8.25. The van der Waals surface area contributed by atoms with E-state index in [9.17, 15) is 9.90 Å². The van der Waals surface area contributed by atoms with Crippen LogP contribution in [0.2, 0.25) is 5.02 Å². The number of aliphatic hydroxyl groups excluding tert-OH is 1. The number of nitrogens with zero attached hydrogens (tertiary/aromatic N) is 1. The molecule has 1 atom stereocenters. The molecule has 2 aromatic heterocycles. The topological polar surface area (TPSA) is 78.0 Å². The lowest BCUT2D eigenvalue weighted by Gasteiger charge is -2.12. The van der Waals surface area contributed by atoms with Gasteiger partial charge >= 0.3 is 0 Å². The van der Waals surface area contributed by atoms with Crippen LogP contribution in [0.1, 0.15) is 22.0 Å². The van der Waals surface area contributed by atoms with Gasteiger partial charge in [0.15, 0.2) is 0 Å². The van der Waals surface area contributed by atoms with E-state index in [0.29, 0.717) is 21.8 Å². The third-order valence-electron chi connectivity index (χ3n) is 3.38. The standard InChI is InChI=1S/C16H14ClN3O2S/c17-12-3-1-2-10(6-12)14(21)8-18-16(22)13-7-19-20-15(13)11-4-5-23-9-11/h1-7,9,14,21H,8H2,(H,18,22)(H,19,20)/t14-/m1/s1. The molecule has 0 spiro atoms. The molecule has 23 heavy (non-hydrogen) atoms. The van der Waals surface area contributed by atoms with Gasteiger partial charge in [0.2, 0.25) is 0 Å². The number of nitrogens with one attached hydrogen (secondary N) is 2. The zero-order valence-electron chi connectivity index (χ0n) is 12.0. The Hall–Kier alpha value is -2.15. The normalized spacial score (nSPS) is 12.1. The minimum atomic E-state index is -0.825. The van der Waals surface area contributed by atoms with E-state index in [1.807, 2.05) is 16.8 Å². The summed E-state index contributed by atoms with van der Waals surface area (Å²) < 4.78 is 0. The van der Waals surface area contributed by atoms with Gasteiger partial charge in [0.05, 0.1) is 23.6 Å². The Balaban J connectivity index is 1.68. The summed E-state index contributed by atoms with van der Waals surface area (Å²) in [7, 11) is 0. The maximum absolute atomic E-state index is 12.3. The van der Waals surface area contributed by atoms with Crippen molar-refractivity contribution in [1.82, 2.24) is 15.5 Å². The Labute approximate surface area is 141 Å². The number of carbonyl (C=O) groups excluding carboxylic acids is 1. The van der Waals surface area contributed by atoms with Gasteiger partial charge in [-0.1, -0.05) is 23.7 Å². The van der Waals surface area contributed by atoms with E-state index in [0.717, 1.165) is 5.56 Å². The minimum Gasteiger partial charge on any atom is -0.387 e. The van der Waals surface area contributed by atoms with Gasteiger partial charge in [0.1, 0.15) is 0 Å². The Morgan fingerprint density at radius 2 is 2.30 bits per heavy atom. The highest BCUT2D eigenvalue weighted by atomic mass is 35.5. The van der Waals surface area contributed by atoms with Crippen molar-refractivity contribution in [3.8, 4) is 11.3 Å². The number of rotatable bonds is 5. The SMILES string of the molecule is O=C(NC[C@@H](O)c1cccc(Cl)c1)c1cn[nH]c1-c1ccsc1. The van der Waals surface area contributed by atoms with Crippen LogP contribution in [0.25, 0.3) is 11.3 Å². The maximum atomic E-state index is 12.3. The summed E-state index contributed by atoms with van der Waals surface area (Å²) in [6.07, 6.45) is 0.655. The number of carbonyl (C=O) groups is 1. The Morgan fingerprint density at radius 3 is 3.04 bits per heavy atom. The average Bonchev–Trinajstić information content (AvgIpc) is 3.22. The first-order chi connectivity index (χ1) is 11.1. The zero-order valence-corrected chi connectivity index (χ0v) is 13.6. The predicted molar refractivity (Wildman–Crippen MR) is 90.6 cm³/mol. The molecule has 5 nitrogen and oxygen atoms in total. The minimum absolute atomic E-state index is 0.0907. The molecule has 0 unspecified atom stereocenters. The quantitative estimate of drug-likeness (QED) is 0.663. The molecule has 1 amide bonds. The van der Waals surface area contributed by atoms with Crippen LogP contribution in [0.3, 0.4) is 0 Å². The lowest BCUT2D eigenvalue weighted by molar-refractivity contribution is 0.0917. The Morgan fingerprint density at radius 1 is 1.43 bits per heavy atom. The van der Waals surface area contributed by atoms with Crippen molar-refractivity contribution in [2.24, 2.45) is 0 Å². The number of amides is 1. The monoisotopic (exact) mass is 347 g/mol. The molecule has 0 aliphatic rings. The molecular weight excluding hydrogens is 334 g/mol. The summed E-state index contributed by atoms with van der Waals surface area (Å²) in [6.45, 7) is 0.0907. The molecule has 0 aliphatic heterocycles. The number of H-pyrrole nitrogens is 1. The third-order valence-corrected chi connectivity index (χ3v) is 4.30. The second-order valence-corrected chi connectivity index (χ2v) is 6.17. The van der Waals surface area contributed by atoms with Crippen LogP contribution in [0.4, 0.5) is 0 Å². The van der Waals surface area contributed by atoms with E-state index in [-0.39, 0.29) is 12.5 Å². The van der Waals surface area contributed by atoms with Crippen molar-refractivity contribution in [2.75, 3.05) is 6.54 Å². The average molecular weight is 348 g/mol. The highest BCUT2D eigenvalue weighted by molar-refractivity contribution is 7.08. The van der Waals surface area contributed by atoms with Gasteiger partial charge in [-0.15, -0.1) is 0 Å². The number of hydrogen-bond acceptors (Lipinski definition) is 4. The largest absolute Gasteiger partial charge is 0.387 e. The summed E-state index contributed by atoms with van der Waals surface area (Å²) in [4.78, 5) is 12.3. The molecule has 3 N–H and O–H groups in total. The number of aromatic amines is 1. The second-order valence-electron chi connectivity index (χ2n) is 4.95. The summed E-state index contributed by atoms with van der Waals surface area (Å²) in [5, 5.41) is 24.0. The van der Waals surface area contributed by atoms with Gasteiger partial charge in [0.25, 0.3) is 5.91 Å². The van der Waals surface area contributed by atoms with Crippen LogP contribution in [0.15, 0.2) is 47.3 Å². The highest BCUT2D eigenvalue weighted by Crippen LogP contribution is 2.23. The molecule has 2 heterocycles. The number of benzene rings is 1. The fraction of sp³-hybridized carbons (Fsp3) is 0.125. The van der Waals surface area contributed by atoms with E-state index in [1.165, 1.54) is 6.20 Å². The number of aromatic nitrogens is 2. The van der Waals surface area contributed by atoms with Gasteiger partial charge in [-0.05, 0) is 29.1 Å². The summed E-state index contributed by atoms with van der Waals surface area (Å²) >= 11 is 7.44. The van der Waals surface area contributed by atoms with Crippen LogP contribution in [-0.4, -0.2) is 27.8 Å². The van der Waals surface area contributed by atoms with Gasteiger partial charge in [-0.25, -0.2) is 0 Å². The molecule has 3 aromatic rings. The van der Waals surface area contributed by atoms with Gasteiger partial charge in [-0.3, -0.25) is 9.89 Å². The van der Waals surface area contributed by atoms with E-state index in [2.05, 4.69) is 15.5 Å². The third kappa shape index (κ3) is 3.61. The van der Waals surface area contributed by atoms with E-state index in [1.54, 1.807) is 35.6 Å². The molecule has 7 heteroatoms. The van der Waals surface area contributed by atoms with Crippen LogP contribution in [0.5, 0.6) is 0 Å². The molecular formula is C16H14ClN3O2S. The molecule has 1 aromatic carbocycles. The Kier molecular flexibility index (Phi) is 4.76. The maximum Gasteiger partial charge on any atom is 0.255 e. The van der Waals surface area contributed by atoms with Gasteiger partial charge in [-0.2, -0.15) is 16.4 Å². The lowest BCUT2D eigenvalue weighted by Crippen LogP contribution is -2.28. The summed E-state index contributed by atoms with van der Waals surface area (Å²) in [6, 6.07) is 8.84. The molecule has 3 rings (SSSR count). The summed E-state index contributed by atoms with van der Waals surface area (Å²) in [5.74, 6) is -0.291. The van der Waals surface area contributed by atoms with Crippen molar-refractivity contribution in [3.05, 3.63) is 63.4 Å². The molecule has 0 radical (unpaired) electrons. The van der Waals surface area contributed by atoms with E-state index in [4.69, 9.17) is 11.6 Å². The van der Waals surface area contributed by atoms with Crippen LogP contribution < -0.4 is 5.32 Å². The van der Waals surface area contributed by atoms with E-state index < -0.39 is 6.10 Å². The first-order valence-electron chi connectivity index (χ1n) is 6.93. The van der Waals surface area contributed by atoms with Crippen LogP contribution in [-0.2, 0) is 0 Å². The summed E-state index contributed by atoms with van der Waals surface area (Å²) in [5.41, 5.74) is 2.68. The number of aliphatic hydroxyl groups is 1. The lowest BCUT2D eigenvalue weighted by atomic mass is 10.1. The molecule has 0 bridgehead atoms. The van der Waals surface area contributed by atoms with E-state index >= 15 is 0 Å². The fourth-order valence-electron chi connectivity index (χ4n) is 2.20. The smallest absolute Gasteiger partial charge is 0.255 e. The second kappa shape index (κ2) is 6.95. The number of thiophene rings is 1. The predicted octanol–water partition coefficient (Wildman–Crippen LogP) is 3.26. The number of hydrogen-bond donors (Lipinski definition) is 3. The van der Waals surface area contributed by atoms with Crippen LogP contribution >= 0.6 is 22.9 Å². The molecule has 0 saturated carbocycles. The molecule has 0 saturated heterocycles. The van der Waals surface area contributed by atoms with Crippen molar-refractivity contribution in [2.45, 2.75) is 6.10 Å². The molecule has 0 aliphatic carbocycles. The van der Waals surface area contributed by atoms with Crippen molar-refractivity contribution in [3.63, 3.8) is 0 Å². The fourth-order valence-corrected chi connectivity index (χ4v) is 3.05. The van der Waals surface area contributed by atoms with Crippen molar-refractivity contribution >= 4 is 28.8 Å². The highest BCUT2D eigenvalue weighted by Gasteiger charge is 2.17. The van der Waals surface area contributed by atoms with Crippen molar-refractivity contribution < 1.29 is 9.90 Å². The van der Waals surface area contributed by atoms with Crippen molar-refractivity contribution in [1.29, 1.82) is 0 Å².